The predicted octanol–water partition coefficient (Wildman–Crippen LogP) is 3.45. The van der Waals surface area contributed by atoms with Gasteiger partial charge in [-0.2, -0.15) is 0 Å². The zero-order chi connectivity index (χ0) is 14.3. The number of aryl methyl sites for hydroxylation is 1. The molecule has 2 aromatic rings. The molecule has 0 heterocycles. The van der Waals surface area contributed by atoms with E-state index in [-0.39, 0.29) is 5.82 Å². The van der Waals surface area contributed by atoms with Crippen molar-refractivity contribution in [2.45, 2.75) is 24.8 Å². The molecule has 0 aliphatic heterocycles. The van der Waals surface area contributed by atoms with E-state index in [1.165, 1.54) is 24.3 Å². The molecule has 2 N–H and O–H groups in total. The van der Waals surface area contributed by atoms with Crippen LogP contribution < -0.4 is 5.73 Å². The molecule has 0 saturated carbocycles. The molecule has 104 valence electrons. The molecule has 1 aliphatic rings. The standard InChI is InChI=1S/C16H14F3N/c17-12-1-2-15-11(7-12)3-4-16(15,20)9-10-5-13(18)8-14(19)6-10/h1-2,5-8H,3-4,9,20H2. The second kappa shape index (κ2) is 4.63. The molecule has 20 heavy (non-hydrogen) atoms. The lowest BCUT2D eigenvalue weighted by atomic mass is 9.86. The monoisotopic (exact) mass is 277 g/mol. The number of hydrogen-bond acceptors (Lipinski definition) is 1. The van der Waals surface area contributed by atoms with Crippen LogP contribution in [0, 0.1) is 17.5 Å². The van der Waals surface area contributed by atoms with Gasteiger partial charge in [0.05, 0.1) is 0 Å². The van der Waals surface area contributed by atoms with E-state index in [0.717, 1.165) is 17.2 Å². The summed E-state index contributed by atoms with van der Waals surface area (Å²) in [7, 11) is 0. The van der Waals surface area contributed by atoms with Gasteiger partial charge in [-0.15, -0.1) is 0 Å². The van der Waals surface area contributed by atoms with Crippen LogP contribution in [-0.2, 0) is 18.4 Å². The van der Waals surface area contributed by atoms with E-state index < -0.39 is 17.2 Å². The quantitative estimate of drug-likeness (QED) is 0.894. The molecule has 1 unspecified atom stereocenters. The summed E-state index contributed by atoms with van der Waals surface area (Å²) in [6.45, 7) is 0. The summed E-state index contributed by atoms with van der Waals surface area (Å²) in [5.41, 5.74) is 7.95. The van der Waals surface area contributed by atoms with E-state index >= 15 is 0 Å². The van der Waals surface area contributed by atoms with Gasteiger partial charge in [-0.05, 0) is 60.2 Å². The lowest BCUT2D eigenvalue weighted by Gasteiger charge is -2.25. The molecule has 0 fully saturated rings. The van der Waals surface area contributed by atoms with Crippen molar-refractivity contribution in [1.29, 1.82) is 0 Å². The van der Waals surface area contributed by atoms with Crippen molar-refractivity contribution in [2.24, 2.45) is 5.73 Å². The molecule has 4 heteroatoms. The smallest absolute Gasteiger partial charge is 0.126 e. The summed E-state index contributed by atoms with van der Waals surface area (Å²) >= 11 is 0. The van der Waals surface area contributed by atoms with Crippen LogP contribution >= 0.6 is 0 Å². The maximum Gasteiger partial charge on any atom is 0.126 e. The van der Waals surface area contributed by atoms with E-state index in [1.807, 2.05) is 0 Å². The first-order chi connectivity index (χ1) is 9.46. The van der Waals surface area contributed by atoms with E-state index in [1.54, 1.807) is 6.07 Å². The highest BCUT2D eigenvalue weighted by Crippen LogP contribution is 2.37. The molecule has 0 radical (unpaired) electrons. The molecule has 1 nitrogen and oxygen atoms in total. The molecular formula is C16H14F3N. The first kappa shape index (κ1) is 13.2. The van der Waals surface area contributed by atoms with Crippen molar-refractivity contribution in [1.82, 2.24) is 0 Å². The largest absolute Gasteiger partial charge is 0.321 e. The maximum atomic E-state index is 13.2. The average molecular weight is 277 g/mol. The Bertz CT molecular complexity index is 649. The van der Waals surface area contributed by atoms with Crippen LogP contribution in [0.3, 0.4) is 0 Å². The summed E-state index contributed by atoms with van der Waals surface area (Å²) in [5.74, 6) is -1.51. The van der Waals surface area contributed by atoms with Gasteiger partial charge < -0.3 is 5.73 Å². The van der Waals surface area contributed by atoms with E-state index in [2.05, 4.69) is 0 Å². The molecule has 0 aromatic heterocycles. The molecule has 1 atom stereocenters. The fourth-order valence-electron chi connectivity index (χ4n) is 3.01. The van der Waals surface area contributed by atoms with E-state index in [4.69, 9.17) is 5.73 Å². The Morgan fingerprint density at radius 1 is 0.950 bits per heavy atom. The van der Waals surface area contributed by atoms with Crippen molar-refractivity contribution in [3.05, 3.63) is 70.5 Å². The van der Waals surface area contributed by atoms with Crippen molar-refractivity contribution >= 4 is 0 Å². The zero-order valence-electron chi connectivity index (χ0n) is 10.8. The molecule has 0 spiro atoms. The fourth-order valence-corrected chi connectivity index (χ4v) is 3.01. The van der Waals surface area contributed by atoms with Crippen LogP contribution in [0.4, 0.5) is 13.2 Å². The van der Waals surface area contributed by atoms with E-state index in [0.29, 0.717) is 24.8 Å². The maximum absolute atomic E-state index is 13.2. The summed E-state index contributed by atoms with van der Waals surface area (Å²) in [6, 6.07) is 7.95. The molecule has 0 amide bonds. The lowest BCUT2D eigenvalue weighted by molar-refractivity contribution is 0.436. The number of rotatable bonds is 2. The Morgan fingerprint density at radius 3 is 2.35 bits per heavy atom. The van der Waals surface area contributed by atoms with Gasteiger partial charge in [0.25, 0.3) is 0 Å². The Morgan fingerprint density at radius 2 is 1.65 bits per heavy atom. The van der Waals surface area contributed by atoms with Gasteiger partial charge in [0.15, 0.2) is 0 Å². The van der Waals surface area contributed by atoms with Gasteiger partial charge in [0, 0.05) is 11.6 Å². The normalized spacial score (nSPS) is 21.0. The molecule has 3 rings (SSSR count). The van der Waals surface area contributed by atoms with Crippen molar-refractivity contribution in [3.63, 3.8) is 0 Å². The van der Waals surface area contributed by atoms with Crippen LogP contribution in [0.25, 0.3) is 0 Å². The number of halogens is 3. The Kier molecular flexibility index (Phi) is 3.05. The van der Waals surface area contributed by atoms with Gasteiger partial charge >= 0.3 is 0 Å². The minimum absolute atomic E-state index is 0.287. The molecular weight excluding hydrogens is 263 g/mol. The SMILES string of the molecule is NC1(Cc2cc(F)cc(F)c2)CCc2cc(F)ccc21. The first-order valence-electron chi connectivity index (χ1n) is 6.49. The minimum Gasteiger partial charge on any atom is -0.321 e. The highest BCUT2D eigenvalue weighted by atomic mass is 19.1. The number of nitrogens with two attached hydrogens (primary N) is 1. The van der Waals surface area contributed by atoms with Gasteiger partial charge in [-0.1, -0.05) is 6.07 Å². The minimum atomic E-state index is -0.691. The van der Waals surface area contributed by atoms with Crippen LogP contribution in [0.5, 0.6) is 0 Å². The van der Waals surface area contributed by atoms with Gasteiger partial charge in [0.2, 0.25) is 0 Å². The fraction of sp³-hybridized carbons (Fsp3) is 0.250. The first-order valence-corrected chi connectivity index (χ1v) is 6.49. The average Bonchev–Trinajstić information content (AvgIpc) is 2.65. The van der Waals surface area contributed by atoms with Gasteiger partial charge in [-0.3, -0.25) is 0 Å². The topological polar surface area (TPSA) is 26.0 Å². The second-order valence-electron chi connectivity index (χ2n) is 5.41. The Hall–Kier alpha value is -1.81. The summed E-state index contributed by atoms with van der Waals surface area (Å²) < 4.78 is 39.7. The van der Waals surface area contributed by atoms with Crippen LogP contribution in [0.1, 0.15) is 23.1 Å². The number of fused-ring (bicyclic) bond motifs is 1. The molecule has 0 bridgehead atoms. The van der Waals surface area contributed by atoms with Crippen LogP contribution in [0.15, 0.2) is 36.4 Å². The van der Waals surface area contributed by atoms with Gasteiger partial charge in [0.1, 0.15) is 17.5 Å². The van der Waals surface area contributed by atoms with Gasteiger partial charge in [-0.25, -0.2) is 13.2 Å². The second-order valence-corrected chi connectivity index (χ2v) is 5.41. The molecule has 1 aliphatic carbocycles. The third-order valence-corrected chi connectivity index (χ3v) is 3.89. The third kappa shape index (κ3) is 2.31. The van der Waals surface area contributed by atoms with Crippen molar-refractivity contribution in [3.8, 4) is 0 Å². The van der Waals surface area contributed by atoms with Crippen LogP contribution in [-0.4, -0.2) is 0 Å². The highest BCUT2D eigenvalue weighted by Gasteiger charge is 2.35. The Balaban J connectivity index is 1.95. The van der Waals surface area contributed by atoms with Crippen LogP contribution in [0.2, 0.25) is 0 Å². The summed E-state index contributed by atoms with van der Waals surface area (Å²) in [4.78, 5) is 0. The third-order valence-electron chi connectivity index (χ3n) is 3.89. The van der Waals surface area contributed by atoms with E-state index in [9.17, 15) is 13.2 Å². The lowest BCUT2D eigenvalue weighted by Crippen LogP contribution is -2.36. The molecule has 0 saturated heterocycles. The summed E-state index contributed by atoms with van der Waals surface area (Å²) in [5, 5.41) is 0. The highest BCUT2D eigenvalue weighted by molar-refractivity contribution is 5.40. The summed E-state index contributed by atoms with van der Waals surface area (Å²) in [6.07, 6.45) is 1.66. The zero-order valence-corrected chi connectivity index (χ0v) is 10.8. The number of benzene rings is 2. The predicted molar refractivity (Wildman–Crippen MR) is 70.6 cm³/mol. The Labute approximate surface area is 115 Å². The van der Waals surface area contributed by atoms with Crippen molar-refractivity contribution in [2.75, 3.05) is 0 Å². The van der Waals surface area contributed by atoms with Crippen molar-refractivity contribution < 1.29 is 13.2 Å². The number of hydrogen-bond donors (Lipinski definition) is 1. The molecule has 2 aromatic carbocycles.